The van der Waals surface area contributed by atoms with E-state index in [1.165, 1.54) is 54.3 Å². The monoisotopic (exact) mass is 428 g/mol. The van der Waals surface area contributed by atoms with Gasteiger partial charge in [-0.1, -0.05) is 24.3 Å². The number of carboxylic acid groups (broad SMARTS) is 1. The number of hydrogen-bond acceptors (Lipinski definition) is 6. The molecule has 154 valence electrons. The summed E-state index contributed by atoms with van der Waals surface area (Å²) in [6.07, 6.45) is 3.70. The van der Waals surface area contributed by atoms with Gasteiger partial charge in [-0.15, -0.1) is 0 Å². The van der Waals surface area contributed by atoms with Crippen LogP contribution in [0.3, 0.4) is 0 Å². The molecule has 0 aliphatic heterocycles. The predicted molar refractivity (Wildman–Crippen MR) is 107 cm³/mol. The largest absolute Gasteiger partial charge is 0.511 e. The molecule has 0 saturated heterocycles. The Kier molecular flexibility index (Phi) is 6.00. The molecule has 30 heavy (non-hydrogen) atoms. The second-order valence-corrected chi connectivity index (χ2v) is 7.85. The number of amides is 1. The van der Waals surface area contributed by atoms with Crippen LogP contribution in [0.15, 0.2) is 78.0 Å². The van der Waals surface area contributed by atoms with Crippen LogP contribution in [-0.2, 0) is 14.8 Å². The lowest BCUT2D eigenvalue weighted by Gasteiger charge is -2.08. The maximum atomic E-state index is 12.8. The molecule has 3 N–H and O–H groups in total. The van der Waals surface area contributed by atoms with Crippen LogP contribution in [-0.4, -0.2) is 34.8 Å². The first-order valence-corrected chi connectivity index (χ1v) is 9.90. The fourth-order valence-corrected chi connectivity index (χ4v) is 3.81. The number of ether oxygens (including phenoxy) is 1. The minimum atomic E-state index is -3.83. The van der Waals surface area contributed by atoms with Crippen molar-refractivity contribution in [3.05, 3.63) is 78.6 Å². The Balaban J connectivity index is 1.80. The van der Waals surface area contributed by atoms with Crippen molar-refractivity contribution in [1.29, 1.82) is 0 Å². The zero-order valence-electron chi connectivity index (χ0n) is 15.3. The van der Waals surface area contributed by atoms with Crippen molar-refractivity contribution in [3.8, 4) is 16.9 Å². The topological polar surface area (TPSA) is 135 Å². The SMILES string of the molecule is O=C(/C=C/c1ccn(S(=O)(=O)c2ccc(-c3ccc(OC(=O)O)cc3)cc2)c1)NO. The average Bonchev–Trinajstić information content (AvgIpc) is 3.22. The number of carbonyl (C=O) groups is 2. The van der Waals surface area contributed by atoms with Gasteiger partial charge in [0.05, 0.1) is 4.90 Å². The van der Waals surface area contributed by atoms with E-state index in [4.69, 9.17) is 10.3 Å². The van der Waals surface area contributed by atoms with Crippen LogP contribution in [0.1, 0.15) is 5.56 Å². The summed E-state index contributed by atoms with van der Waals surface area (Å²) in [6, 6.07) is 14.0. The Morgan fingerprint density at radius 2 is 1.57 bits per heavy atom. The summed E-state index contributed by atoms with van der Waals surface area (Å²) < 4.78 is 31.1. The molecule has 10 heteroatoms. The molecule has 0 aliphatic rings. The maximum absolute atomic E-state index is 12.8. The molecular formula is C20H16N2O7S. The van der Waals surface area contributed by atoms with Crippen molar-refractivity contribution in [2.45, 2.75) is 4.90 Å². The molecule has 0 atom stereocenters. The summed E-state index contributed by atoms with van der Waals surface area (Å²) in [7, 11) is -3.83. The highest BCUT2D eigenvalue weighted by Gasteiger charge is 2.16. The molecule has 1 amide bonds. The van der Waals surface area contributed by atoms with Crippen molar-refractivity contribution in [3.63, 3.8) is 0 Å². The molecule has 3 aromatic rings. The maximum Gasteiger partial charge on any atom is 0.511 e. The second-order valence-electron chi connectivity index (χ2n) is 6.01. The van der Waals surface area contributed by atoms with Crippen LogP contribution >= 0.6 is 0 Å². The van der Waals surface area contributed by atoms with Crippen molar-refractivity contribution in [2.24, 2.45) is 0 Å². The lowest BCUT2D eigenvalue weighted by Crippen LogP contribution is -2.14. The van der Waals surface area contributed by atoms with Gasteiger partial charge in [0.15, 0.2) is 0 Å². The number of aromatic nitrogens is 1. The van der Waals surface area contributed by atoms with Gasteiger partial charge in [0.2, 0.25) is 0 Å². The minimum absolute atomic E-state index is 0.0660. The van der Waals surface area contributed by atoms with E-state index in [0.717, 1.165) is 21.2 Å². The van der Waals surface area contributed by atoms with E-state index in [1.54, 1.807) is 24.3 Å². The first-order chi connectivity index (χ1) is 14.3. The summed E-state index contributed by atoms with van der Waals surface area (Å²) in [6.45, 7) is 0. The molecule has 9 nitrogen and oxygen atoms in total. The number of carbonyl (C=O) groups excluding carboxylic acids is 1. The summed E-state index contributed by atoms with van der Waals surface area (Å²) >= 11 is 0. The number of hydroxylamine groups is 1. The lowest BCUT2D eigenvalue weighted by molar-refractivity contribution is -0.124. The fraction of sp³-hybridized carbons (Fsp3) is 0. The fourth-order valence-electron chi connectivity index (χ4n) is 2.61. The lowest BCUT2D eigenvalue weighted by atomic mass is 10.1. The van der Waals surface area contributed by atoms with Gasteiger partial charge in [-0.25, -0.2) is 22.7 Å². The molecule has 2 aromatic carbocycles. The van der Waals surface area contributed by atoms with Crippen molar-refractivity contribution in [1.82, 2.24) is 9.45 Å². The van der Waals surface area contributed by atoms with Crippen molar-refractivity contribution < 1.29 is 33.1 Å². The standard InChI is InChI=1S/C20H16N2O7S/c23-19(21-26)10-1-14-11-12-22(13-14)30(27,28)18-8-4-16(5-9-18)15-2-6-17(7-3-15)29-20(24)25/h1-13,26H,(H,21,23)(H,24,25)/b10-1+. The molecule has 3 rings (SSSR count). The molecule has 1 aromatic heterocycles. The summed E-state index contributed by atoms with van der Waals surface area (Å²) in [5, 5.41) is 17.1. The van der Waals surface area contributed by atoms with Gasteiger partial charge in [-0.2, -0.15) is 0 Å². The van der Waals surface area contributed by atoms with Gasteiger partial charge < -0.3 is 9.84 Å². The number of hydrogen-bond donors (Lipinski definition) is 3. The zero-order chi connectivity index (χ0) is 21.7. The van der Waals surface area contributed by atoms with Crippen LogP contribution in [0.25, 0.3) is 17.2 Å². The highest BCUT2D eigenvalue weighted by Crippen LogP contribution is 2.25. The summed E-state index contributed by atoms with van der Waals surface area (Å²) in [4.78, 5) is 21.6. The predicted octanol–water partition coefficient (Wildman–Crippen LogP) is 2.97. The molecule has 1 heterocycles. The van der Waals surface area contributed by atoms with Gasteiger partial charge in [-0.05, 0) is 53.1 Å². The van der Waals surface area contributed by atoms with E-state index in [0.29, 0.717) is 5.56 Å². The Morgan fingerprint density at radius 3 is 2.13 bits per heavy atom. The molecule has 0 bridgehead atoms. The minimum Gasteiger partial charge on any atom is -0.449 e. The first-order valence-electron chi connectivity index (χ1n) is 8.46. The third-order valence-corrected chi connectivity index (χ3v) is 5.70. The van der Waals surface area contributed by atoms with Gasteiger partial charge in [-0.3, -0.25) is 10.0 Å². The smallest absolute Gasteiger partial charge is 0.449 e. The molecular weight excluding hydrogens is 412 g/mol. The number of rotatable bonds is 6. The average molecular weight is 428 g/mol. The van der Waals surface area contributed by atoms with Crippen molar-refractivity contribution in [2.75, 3.05) is 0 Å². The first kappa shape index (κ1) is 20.8. The van der Waals surface area contributed by atoms with E-state index < -0.39 is 22.1 Å². The number of nitrogens with zero attached hydrogens (tertiary/aromatic N) is 1. The van der Waals surface area contributed by atoms with Crippen LogP contribution in [0.4, 0.5) is 4.79 Å². The normalized spacial score (nSPS) is 11.4. The Bertz CT molecular complexity index is 1190. The van der Waals surface area contributed by atoms with Crippen LogP contribution in [0.5, 0.6) is 5.75 Å². The quantitative estimate of drug-likeness (QED) is 0.181. The van der Waals surface area contributed by atoms with Gasteiger partial charge in [0, 0.05) is 18.5 Å². The highest BCUT2D eigenvalue weighted by molar-refractivity contribution is 7.90. The van der Waals surface area contributed by atoms with E-state index in [2.05, 4.69) is 4.74 Å². The second kappa shape index (κ2) is 8.64. The summed E-state index contributed by atoms with van der Waals surface area (Å²) in [5.41, 5.74) is 3.40. The van der Waals surface area contributed by atoms with Crippen LogP contribution < -0.4 is 10.2 Å². The third-order valence-electron chi connectivity index (χ3n) is 4.05. The zero-order valence-corrected chi connectivity index (χ0v) is 16.1. The Hall–Kier alpha value is -3.89. The van der Waals surface area contributed by atoms with E-state index in [9.17, 15) is 18.0 Å². The third kappa shape index (κ3) is 4.74. The molecule has 0 radical (unpaired) electrons. The molecule has 0 spiro atoms. The van der Waals surface area contributed by atoms with Gasteiger partial charge in [0.1, 0.15) is 5.75 Å². The van der Waals surface area contributed by atoms with Crippen LogP contribution in [0.2, 0.25) is 0 Å². The van der Waals surface area contributed by atoms with Gasteiger partial charge >= 0.3 is 6.16 Å². The van der Waals surface area contributed by atoms with E-state index in [-0.39, 0.29) is 10.6 Å². The number of benzene rings is 2. The van der Waals surface area contributed by atoms with Crippen molar-refractivity contribution >= 4 is 28.2 Å². The van der Waals surface area contributed by atoms with Crippen LogP contribution in [0, 0.1) is 0 Å². The highest BCUT2D eigenvalue weighted by atomic mass is 32.2. The number of nitrogens with one attached hydrogen (secondary N) is 1. The Morgan fingerprint density at radius 1 is 0.967 bits per heavy atom. The molecule has 0 aliphatic carbocycles. The van der Waals surface area contributed by atoms with Gasteiger partial charge in [0.25, 0.3) is 15.9 Å². The molecule has 0 unspecified atom stereocenters. The van der Waals surface area contributed by atoms with E-state index in [1.807, 2.05) is 0 Å². The van der Waals surface area contributed by atoms with E-state index >= 15 is 0 Å². The molecule has 0 saturated carbocycles. The molecule has 0 fully saturated rings. The summed E-state index contributed by atoms with van der Waals surface area (Å²) in [5.74, 6) is -0.553. The Labute approximate surface area is 171 Å².